The molecule has 0 saturated heterocycles. The molecule has 1 unspecified atom stereocenters. The van der Waals surface area contributed by atoms with E-state index in [9.17, 15) is 5.11 Å². The lowest BCUT2D eigenvalue weighted by Crippen LogP contribution is -2.26. The van der Waals surface area contributed by atoms with E-state index in [1.807, 2.05) is 19.1 Å². The molecule has 1 aromatic rings. The molecule has 0 spiro atoms. The minimum absolute atomic E-state index is 0.0350. The number of benzene rings is 1. The zero-order valence-corrected chi connectivity index (χ0v) is 9.33. The molecule has 1 atom stereocenters. The number of phenols is 1. The summed E-state index contributed by atoms with van der Waals surface area (Å²) >= 11 is 0. The lowest BCUT2D eigenvalue weighted by atomic mass is 9.82. The van der Waals surface area contributed by atoms with Gasteiger partial charge in [-0.3, -0.25) is 0 Å². The summed E-state index contributed by atoms with van der Waals surface area (Å²) in [5.41, 5.74) is 7.90. The van der Waals surface area contributed by atoms with Crippen LogP contribution in [-0.2, 0) is 0 Å². The van der Waals surface area contributed by atoms with Crippen LogP contribution in [0.5, 0.6) is 5.75 Å². The van der Waals surface area contributed by atoms with Crippen molar-refractivity contribution < 1.29 is 5.11 Å². The first-order valence-electron chi connectivity index (χ1n) is 4.87. The molecule has 0 aromatic heterocycles. The van der Waals surface area contributed by atoms with E-state index >= 15 is 0 Å². The van der Waals surface area contributed by atoms with Crippen molar-refractivity contribution in [3.63, 3.8) is 0 Å². The van der Waals surface area contributed by atoms with Crippen LogP contribution in [0.2, 0.25) is 0 Å². The Bertz CT molecular complexity index is 326. The van der Waals surface area contributed by atoms with Gasteiger partial charge in [0.1, 0.15) is 5.75 Å². The second kappa shape index (κ2) is 3.62. The minimum atomic E-state index is -0.136. The molecule has 0 radical (unpaired) electrons. The molecule has 0 aliphatic rings. The average molecular weight is 193 g/mol. The third kappa shape index (κ3) is 2.26. The second-order valence-corrected chi connectivity index (χ2v) is 4.91. The largest absolute Gasteiger partial charge is 0.508 e. The first kappa shape index (κ1) is 11.1. The van der Waals surface area contributed by atoms with Crippen molar-refractivity contribution >= 4 is 0 Å². The molecule has 0 amide bonds. The number of hydrogen-bond acceptors (Lipinski definition) is 2. The van der Waals surface area contributed by atoms with Crippen molar-refractivity contribution in [2.75, 3.05) is 0 Å². The third-order valence-corrected chi connectivity index (χ3v) is 2.45. The van der Waals surface area contributed by atoms with Crippen molar-refractivity contribution in [3.05, 3.63) is 29.3 Å². The molecule has 1 rings (SSSR count). The van der Waals surface area contributed by atoms with Gasteiger partial charge in [-0.05, 0) is 24.0 Å². The van der Waals surface area contributed by atoms with Gasteiger partial charge < -0.3 is 10.8 Å². The number of hydrogen-bond donors (Lipinski definition) is 2. The number of aromatic hydroxyl groups is 1. The molecule has 78 valence electrons. The highest BCUT2D eigenvalue weighted by molar-refractivity contribution is 5.38. The summed E-state index contributed by atoms with van der Waals surface area (Å²) in [4.78, 5) is 0. The molecule has 3 N–H and O–H groups in total. The Morgan fingerprint density at radius 1 is 1.29 bits per heavy atom. The van der Waals surface area contributed by atoms with Gasteiger partial charge in [0.15, 0.2) is 0 Å². The van der Waals surface area contributed by atoms with Gasteiger partial charge in [0.25, 0.3) is 0 Å². The summed E-state index contributed by atoms with van der Waals surface area (Å²) in [5, 5.41) is 9.75. The van der Waals surface area contributed by atoms with Crippen LogP contribution in [0.4, 0.5) is 0 Å². The number of rotatable bonds is 1. The summed E-state index contributed by atoms with van der Waals surface area (Å²) in [7, 11) is 0. The fourth-order valence-corrected chi connectivity index (χ4v) is 1.38. The van der Waals surface area contributed by atoms with Crippen molar-refractivity contribution in [2.45, 2.75) is 33.7 Å². The standard InChI is InChI=1S/C12H19NO/c1-8-5-6-9(10(14)7-8)11(13)12(2,3)4/h5-7,11,14H,13H2,1-4H3. The predicted molar refractivity (Wildman–Crippen MR) is 59.2 cm³/mol. The summed E-state index contributed by atoms with van der Waals surface area (Å²) < 4.78 is 0. The van der Waals surface area contributed by atoms with Crippen molar-refractivity contribution in [3.8, 4) is 5.75 Å². The highest BCUT2D eigenvalue weighted by atomic mass is 16.3. The first-order valence-corrected chi connectivity index (χ1v) is 4.87. The number of aryl methyl sites for hydroxylation is 1. The molecule has 2 heteroatoms. The first-order chi connectivity index (χ1) is 6.32. The van der Waals surface area contributed by atoms with Gasteiger partial charge in [-0.25, -0.2) is 0 Å². The van der Waals surface area contributed by atoms with E-state index in [2.05, 4.69) is 20.8 Å². The van der Waals surface area contributed by atoms with Crippen molar-refractivity contribution in [1.82, 2.24) is 0 Å². The zero-order valence-electron chi connectivity index (χ0n) is 9.33. The van der Waals surface area contributed by atoms with E-state index in [0.717, 1.165) is 11.1 Å². The fraction of sp³-hybridized carbons (Fsp3) is 0.500. The zero-order chi connectivity index (χ0) is 10.9. The summed E-state index contributed by atoms with van der Waals surface area (Å²) in [6, 6.07) is 5.49. The van der Waals surface area contributed by atoms with E-state index in [0.29, 0.717) is 5.75 Å². The van der Waals surface area contributed by atoms with Gasteiger partial charge in [0, 0.05) is 11.6 Å². The summed E-state index contributed by atoms with van der Waals surface area (Å²) in [6.07, 6.45) is 0. The maximum atomic E-state index is 9.75. The lowest BCUT2D eigenvalue weighted by Gasteiger charge is -2.28. The third-order valence-electron chi connectivity index (χ3n) is 2.45. The summed E-state index contributed by atoms with van der Waals surface area (Å²) in [6.45, 7) is 8.15. The topological polar surface area (TPSA) is 46.2 Å². The minimum Gasteiger partial charge on any atom is -0.508 e. The van der Waals surface area contributed by atoms with E-state index in [1.165, 1.54) is 0 Å². The van der Waals surface area contributed by atoms with Gasteiger partial charge in [0.05, 0.1) is 0 Å². The molecule has 2 nitrogen and oxygen atoms in total. The van der Waals surface area contributed by atoms with Crippen LogP contribution in [0.1, 0.15) is 37.9 Å². The maximum Gasteiger partial charge on any atom is 0.120 e. The van der Waals surface area contributed by atoms with Gasteiger partial charge in [-0.1, -0.05) is 32.9 Å². The normalized spacial score (nSPS) is 14.1. The molecular formula is C12H19NO. The van der Waals surface area contributed by atoms with E-state index < -0.39 is 0 Å². The molecule has 0 fully saturated rings. The van der Waals surface area contributed by atoms with E-state index in [4.69, 9.17) is 5.73 Å². The molecule has 0 aliphatic heterocycles. The molecule has 0 heterocycles. The molecule has 0 saturated carbocycles. The fourth-order valence-electron chi connectivity index (χ4n) is 1.38. The van der Waals surface area contributed by atoms with Gasteiger partial charge in [0.2, 0.25) is 0 Å². The highest BCUT2D eigenvalue weighted by Gasteiger charge is 2.24. The van der Waals surface area contributed by atoms with Crippen molar-refractivity contribution in [2.24, 2.45) is 11.1 Å². The number of nitrogens with two attached hydrogens (primary N) is 1. The Balaban J connectivity index is 3.08. The molecular weight excluding hydrogens is 174 g/mol. The van der Waals surface area contributed by atoms with Gasteiger partial charge in [-0.2, -0.15) is 0 Å². The van der Waals surface area contributed by atoms with Crippen LogP contribution < -0.4 is 5.73 Å². The second-order valence-electron chi connectivity index (χ2n) is 4.91. The smallest absolute Gasteiger partial charge is 0.120 e. The monoisotopic (exact) mass is 193 g/mol. The van der Waals surface area contributed by atoms with Gasteiger partial charge >= 0.3 is 0 Å². The SMILES string of the molecule is Cc1ccc(C(N)C(C)(C)C)c(O)c1. The van der Waals surface area contributed by atoms with E-state index in [1.54, 1.807) is 6.07 Å². The maximum absolute atomic E-state index is 9.75. The predicted octanol–water partition coefficient (Wildman–Crippen LogP) is 2.75. The Kier molecular flexibility index (Phi) is 2.86. The molecule has 0 aliphatic carbocycles. The molecule has 0 bridgehead atoms. The van der Waals surface area contributed by atoms with Crippen LogP contribution >= 0.6 is 0 Å². The van der Waals surface area contributed by atoms with Crippen LogP contribution in [0, 0.1) is 12.3 Å². The van der Waals surface area contributed by atoms with E-state index in [-0.39, 0.29) is 11.5 Å². The Morgan fingerprint density at radius 2 is 1.86 bits per heavy atom. The molecule has 14 heavy (non-hydrogen) atoms. The lowest BCUT2D eigenvalue weighted by molar-refractivity contribution is 0.317. The number of phenolic OH excluding ortho intramolecular Hbond substituents is 1. The van der Waals surface area contributed by atoms with Crippen LogP contribution in [-0.4, -0.2) is 5.11 Å². The van der Waals surface area contributed by atoms with Crippen LogP contribution in [0.15, 0.2) is 18.2 Å². The summed E-state index contributed by atoms with van der Waals surface area (Å²) in [5.74, 6) is 0.299. The average Bonchev–Trinajstić information content (AvgIpc) is 2.01. The van der Waals surface area contributed by atoms with Gasteiger partial charge in [-0.15, -0.1) is 0 Å². The Labute approximate surface area is 85.8 Å². The van der Waals surface area contributed by atoms with Crippen molar-refractivity contribution in [1.29, 1.82) is 0 Å². The highest BCUT2D eigenvalue weighted by Crippen LogP contribution is 2.35. The quantitative estimate of drug-likeness (QED) is 0.720. The van der Waals surface area contributed by atoms with Crippen LogP contribution in [0.3, 0.4) is 0 Å². The van der Waals surface area contributed by atoms with Crippen LogP contribution in [0.25, 0.3) is 0 Å². The Hall–Kier alpha value is -1.02. The molecule has 1 aromatic carbocycles. The Morgan fingerprint density at radius 3 is 2.29 bits per heavy atom.